The normalized spacial score (nSPS) is 12.0. The minimum Gasteiger partial charge on any atom is -0.309 e. The van der Waals surface area contributed by atoms with Crippen LogP contribution in [0.15, 0.2) is 24.9 Å². The molecule has 1 rings (SSSR count). The number of alkyl halides is 3. The lowest BCUT2D eigenvalue weighted by molar-refractivity contribution is -0.137. The number of hydrogen-bond donors (Lipinski definition) is 1. The highest BCUT2D eigenvalue weighted by Crippen LogP contribution is 2.32. The van der Waals surface area contributed by atoms with Gasteiger partial charge in [-0.2, -0.15) is 13.2 Å². The van der Waals surface area contributed by atoms with E-state index in [1.807, 2.05) is 5.32 Å². The van der Waals surface area contributed by atoms with Gasteiger partial charge in [-0.05, 0) is 6.07 Å². The van der Waals surface area contributed by atoms with Crippen molar-refractivity contribution in [1.29, 1.82) is 0 Å². The van der Waals surface area contributed by atoms with Crippen LogP contribution in [0.25, 0.3) is 0 Å². The maximum atomic E-state index is 12.4. The van der Waals surface area contributed by atoms with Crippen molar-refractivity contribution < 1.29 is 26.4 Å². The standard InChI is InChI=1S/C11H10ClF3N2O3S/c1-2-3-21(19,20)6-9(18)17-10-8(12)4-7(5-16-10)11(13,14)15/h2,4-5H,1,3,6H2,(H,16,17,18). The molecule has 5 nitrogen and oxygen atoms in total. The largest absolute Gasteiger partial charge is 0.417 e. The zero-order valence-electron chi connectivity index (χ0n) is 10.4. The number of carbonyl (C=O) groups is 1. The van der Waals surface area contributed by atoms with Crippen molar-refractivity contribution in [2.45, 2.75) is 6.18 Å². The molecule has 0 aliphatic rings. The van der Waals surface area contributed by atoms with Gasteiger partial charge in [0.2, 0.25) is 5.91 Å². The Morgan fingerprint density at radius 3 is 2.57 bits per heavy atom. The average Bonchev–Trinajstić information content (AvgIpc) is 2.29. The molecule has 1 amide bonds. The Labute approximate surface area is 123 Å². The number of amides is 1. The van der Waals surface area contributed by atoms with E-state index in [4.69, 9.17) is 11.6 Å². The van der Waals surface area contributed by atoms with Gasteiger partial charge in [0.05, 0.1) is 16.3 Å². The fourth-order valence-corrected chi connectivity index (χ4v) is 2.45. The lowest BCUT2D eigenvalue weighted by Gasteiger charge is -2.10. The molecule has 0 aliphatic carbocycles. The van der Waals surface area contributed by atoms with Crippen LogP contribution in [0, 0.1) is 0 Å². The number of hydrogen-bond acceptors (Lipinski definition) is 4. The number of halogens is 4. The molecule has 0 saturated heterocycles. The number of carbonyl (C=O) groups excluding carboxylic acids is 1. The van der Waals surface area contributed by atoms with E-state index in [1.165, 1.54) is 0 Å². The first-order valence-electron chi connectivity index (χ1n) is 5.39. The van der Waals surface area contributed by atoms with Gasteiger partial charge < -0.3 is 5.32 Å². The van der Waals surface area contributed by atoms with Gasteiger partial charge in [0.1, 0.15) is 5.75 Å². The molecule has 21 heavy (non-hydrogen) atoms. The van der Waals surface area contributed by atoms with E-state index < -0.39 is 44.0 Å². The van der Waals surface area contributed by atoms with Crippen molar-refractivity contribution in [3.63, 3.8) is 0 Å². The molecular weight excluding hydrogens is 333 g/mol. The zero-order valence-corrected chi connectivity index (χ0v) is 12.0. The molecule has 0 radical (unpaired) electrons. The van der Waals surface area contributed by atoms with Crippen LogP contribution in [0.5, 0.6) is 0 Å². The summed E-state index contributed by atoms with van der Waals surface area (Å²) in [4.78, 5) is 14.9. The summed E-state index contributed by atoms with van der Waals surface area (Å²) in [5.41, 5.74) is -1.08. The molecule has 0 unspecified atom stereocenters. The van der Waals surface area contributed by atoms with Crippen molar-refractivity contribution in [3.05, 3.63) is 35.5 Å². The van der Waals surface area contributed by atoms with Crippen LogP contribution in [0.4, 0.5) is 19.0 Å². The zero-order chi connectivity index (χ0) is 16.3. The van der Waals surface area contributed by atoms with Gasteiger partial charge in [-0.15, -0.1) is 6.58 Å². The number of aromatic nitrogens is 1. The summed E-state index contributed by atoms with van der Waals surface area (Å²) in [5, 5.41) is 1.60. The van der Waals surface area contributed by atoms with Crippen molar-refractivity contribution in [3.8, 4) is 0 Å². The third-order valence-corrected chi connectivity index (χ3v) is 3.88. The molecular formula is C11H10ClF3N2O3S. The monoisotopic (exact) mass is 342 g/mol. The van der Waals surface area contributed by atoms with Gasteiger partial charge in [-0.1, -0.05) is 17.7 Å². The van der Waals surface area contributed by atoms with Gasteiger partial charge >= 0.3 is 6.18 Å². The van der Waals surface area contributed by atoms with Crippen molar-refractivity contribution >= 4 is 33.2 Å². The number of nitrogens with one attached hydrogen (secondary N) is 1. The Kier molecular flexibility index (Phi) is 5.35. The van der Waals surface area contributed by atoms with Crippen LogP contribution in [-0.4, -0.2) is 30.8 Å². The van der Waals surface area contributed by atoms with E-state index in [9.17, 15) is 26.4 Å². The highest BCUT2D eigenvalue weighted by Gasteiger charge is 2.31. The Bertz CT molecular complexity index is 659. The summed E-state index contributed by atoms with van der Waals surface area (Å²) in [6, 6.07) is 0.586. The van der Waals surface area contributed by atoms with Crippen molar-refractivity contribution in [2.24, 2.45) is 0 Å². The maximum absolute atomic E-state index is 12.4. The number of sulfone groups is 1. The maximum Gasteiger partial charge on any atom is 0.417 e. The van der Waals surface area contributed by atoms with Crippen LogP contribution < -0.4 is 5.32 Å². The molecule has 0 aromatic carbocycles. The average molecular weight is 343 g/mol. The first-order chi connectivity index (χ1) is 9.55. The number of nitrogens with zero attached hydrogens (tertiary/aromatic N) is 1. The highest BCUT2D eigenvalue weighted by atomic mass is 35.5. The third-order valence-electron chi connectivity index (χ3n) is 2.15. The van der Waals surface area contributed by atoms with Gasteiger partial charge in [0, 0.05) is 6.20 Å². The van der Waals surface area contributed by atoms with E-state index in [0.717, 1.165) is 6.08 Å². The van der Waals surface area contributed by atoms with Gasteiger partial charge in [-0.25, -0.2) is 13.4 Å². The SMILES string of the molecule is C=CCS(=O)(=O)CC(=O)Nc1ncc(C(F)(F)F)cc1Cl. The minimum absolute atomic E-state index is 0.344. The van der Waals surface area contributed by atoms with Crippen LogP contribution in [0.2, 0.25) is 5.02 Å². The predicted octanol–water partition coefficient (Wildman–Crippen LogP) is 2.29. The van der Waals surface area contributed by atoms with E-state index in [2.05, 4.69) is 11.6 Å². The molecule has 10 heteroatoms. The minimum atomic E-state index is -4.62. The second-order valence-electron chi connectivity index (χ2n) is 3.94. The molecule has 0 fully saturated rings. The molecule has 0 aliphatic heterocycles. The van der Waals surface area contributed by atoms with E-state index in [0.29, 0.717) is 12.3 Å². The van der Waals surface area contributed by atoms with Crippen LogP contribution in [0.1, 0.15) is 5.56 Å². The Morgan fingerprint density at radius 2 is 2.10 bits per heavy atom. The van der Waals surface area contributed by atoms with E-state index in [1.54, 1.807) is 0 Å². The second kappa shape index (κ2) is 6.44. The molecule has 0 saturated carbocycles. The van der Waals surface area contributed by atoms with Gasteiger partial charge in [-0.3, -0.25) is 4.79 Å². The molecule has 116 valence electrons. The fraction of sp³-hybridized carbons (Fsp3) is 0.273. The molecule has 1 aromatic rings. The summed E-state index contributed by atoms with van der Waals surface area (Å²) < 4.78 is 59.9. The molecule has 1 N–H and O–H groups in total. The number of anilines is 1. The second-order valence-corrected chi connectivity index (χ2v) is 6.46. The van der Waals surface area contributed by atoms with Crippen molar-refractivity contribution in [1.82, 2.24) is 4.98 Å². The molecule has 0 spiro atoms. The lowest BCUT2D eigenvalue weighted by Crippen LogP contribution is -2.24. The highest BCUT2D eigenvalue weighted by molar-refractivity contribution is 7.92. The van der Waals surface area contributed by atoms with Crippen LogP contribution >= 0.6 is 11.6 Å². The van der Waals surface area contributed by atoms with E-state index in [-0.39, 0.29) is 5.82 Å². The summed E-state index contributed by atoms with van der Waals surface area (Å²) in [6.07, 6.45) is -3.02. The first kappa shape index (κ1) is 17.4. The summed E-state index contributed by atoms with van der Waals surface area (Å²) in [5.74, 6) is -2.54. The van der Waals surface area contributed by atoms with E-state index >= 15 is 0 Å². The number of pyridine rings is 1. The third kappa shape index (κ3) is 5.35. The smallest absolute Gasteiger partial charge is 0.309 e. The van der Waals surface area contributed by atoms with Crippen LogP contribution in [0.3, 0.4) is 0 Å². The van der Waals surface area contributed by atoms with Crippen LogP contribution in [-0.2, 0) is 20.8 Å². The molecule has 1 heterocycles. The Morgan fingerprint density at radius 1 is 1.48 bits per heavy atom. The molecule has 0 bridgehead atoms. The quantitative estimate of drug-likeness (QED) is 0.833. The van der Waals surface area contributed by atoms with Gasteiger partial charge in [0.15, 0.2) is 15.7 Å². The topological polar surface area (TPSA) is 76.1 Å². The Balaban J connectivity index is 2.85. The summed E-state index contributed by atoms with van der Waals surface area (Å²) in [6.45, 7) is 3.23. The fourth-order valence-electron chi connectivity index (χ4n) is 1.29. The summed E-state index contributed by atoms with van der Waals surface area (Å²) in [7, 11) is -3.68. The predicted molar refractivity (Wildman–Crippen MR) is 71.7 cm³/mol. The summed E-state index contributed by atoms with van der Waals surface area (Å²) >= 11 is 5.57. The number of rotatable bonds is 5. The molecule has 1 aromatic heterocycles. The lowest BCUT2D eigenvalue weighted by atomic mass is 10.3. The molecule has 0 atom stereocenters. The van der Waals surface area contributed by atoms with Crippen molar-refractivity contribution in [2.75, 3.05) is 16.8 Å². The first-order valence-corrected chi connectivity index (χ1v) is 7.59. The Hall–Kier alpha value is -1.61. The van der Waals surface area contributed by atoms with Gasteiger partial charge in [0.25, 0.3) is 0 Å².